The van der Waals surface area contributed by atoms with Crippen molar-refractivity contribution in [2.24, 2.45) is 0 Å². The van der Waals surface area contributed by atoms with E-state index in [0.717, 1.165) is 16.8 Å². The van der Waals surface area contributed by atoms with Crippen molar-refractivity contribution in [1.29, 1.82) is 0 Å². The number of carbonyl (C=O) groups is 1. The number of amides is 1. The molecule has 3 aromatic carbocycles. The van der Waals surface area contributed by atoms with Gasteiger partial charge in [0.1, 0.15) is 5.75 Å². The molecule has 6 heteroatoms. The number of nitrogens with one attached hydrogen (secondary N) is 2. The standard InChI is InChI=1S/C26H27N3O3/c1-26(2,3)19-10-8-18(9-11-19)24(30)27-20-12-13-23-22(15-20)28-25(31)29(23)16-17-6-5-7-21(14-17)32-4/h5-15H,16H2,1-4H3,(H,27,30)(H,28,31). The lowest BCUT2D eigenvalue weighted by Crippen LogP contribution is -2.17. The average molecular weight is 430 g/mol. The predicted molar refractivity (Wildman–Crippen MR) is 128 cm³/mol. The van der Waals surface area contributed by atoms with E-state index in [1.54, 1.807) is 23.8 Å². The molecule has 0 aliphatic rings. The molecule has 0 radical (unpaired) electrons. The lowest BCUT2D eigenvalue weighted by atomic mass is 9.87. The summed E-state index contributed by atoms with van der Waals surface area (Å²) in [4.78, 5) is 28.1. The number of fused-ring (bicyclic) bond motifs is 1. The van der Waals surface area contributed by atoms with Crippen molar-refractivity contribution in [2.75, 3.05) is 12.4 Å². The highest BCUT2D eigenvalue weighted by atomic mass is 16.5. The van der Waals surface area contributed by atoms with Gasteiger partial charge in [-0.15, -0.1) is 0 Å². The number of rotatable bonds is 5. The normalized spacial score (nSPS) is 11.5. The summed E-state index contributed by atoms with van der Waals surface area (Å²) in [6.07, 6.45) is 0. The number of ether oxygens (including phenoxy) is 1. The van der Waals surface area contributed by atoms with Crippen molar-refractivity contribution in [3.8, 4) is 5.75 Å². The number of nitrogens with zero attached hydrogens (tertiary/aromatic N) is 1. The molecule has 164 valence electrons. The zero-order valence-electron chi connectivity index (χ0n) is 18.7. The largest absolute Gasteiger partial charge is 0.497 e. The molecule has 32 heavy (non-hydrogen) atoms. The van der Waals surface area contributed by atoms with E-state index in [1.807, 2.05) is 54.6 Å². The van der Waals surface area contributed by atoms with Crippen LogP contribution in [-0.4, -0.2) is 22.6 Å². The van der Waals surface area contributed by atoms with Gasteiger partial charge in [0.05, 0.1) is 24.7 Å². The molecule has 0 aliphatic carbocycles. The van der Waals surface area contributed by atoms with Gasteiger partial charge in [-0.2, -0.15) is 0 Å². The Bertz CT molecular complexity index is 1330. The lowest BCUT2D eigenvalue weighted by Gasteiger charge is -2.19. The molecule has 6 nitrogen and oxygen atoms in total. The van der Waals surface area contributed by atoms with Crippen LogP contribution in [0.4, 0.5) is 5.69 Å². The summed E-state index contributed by atoms with van der Waals surface area (Å²) in [5.74, 6) is 0.555. The molecule has 0 bridgehead atoms. The van der Waals surface area contributed by atoms with E-state index < -0.39 is 0 Å². The molecule has 0 saturated carbocycles. The van der Waals surface area contributed by atoms with Crippen molar-refractivity contribution in [1.82, 2.24) is 9.55 Å². The van der Waals surface area contributed by atoms with E-state index in [0.29, 0.717) is 23.3 Å². The topological polar surface area (TPSA) is 76.1 Å². The average Bonchev–Trinajstić information content (AvgIpc) is 3.07. The number of hydrogen-bond donors (Lipinski definition) is 2. The first-order chi connectivity index (χ1) is 15.2. The molecule has 4 aromatic rings. The molecule has 0 atom stereocenters. The van der Waals surface area contributed by atoms with Crippen molar-refractivity contribution in [3.63, 3.8) is 0 Å². The summed E-state index contributed by atoms with van der Waals surface area (Å²) in [5, 5.41) is 2.92. The van der Waals surface area contributed by atoms with Gasteiger partial charge in [0.2, 0.25) is 0 Å². The fourth-order valence-corrected chi connectivity index (χ4v) is 3.68. The van der Waals surface area contributed by atoms with Crippen LogP contribution >= 0.6 is 0 Å². The van der Waals surface area contributed by atoms with E-state index in [2.05, 4.69) is 31.1 Å². The van der Waals surface area contributed by atoms with Crippen LogP contribution in [0.2, 0.25) is 0 Å². The zero-order valence-corrected chi connectivity index (χ0v) is 18.7. The number of benzene rings is 3. The number of aromatic nitrogens is 2. The summed E-state index contributed by atoms with van der Waals surface area (Å²) in [7, 11) is 1.62. The Hall–Kier alpha value is -3.80. The Kier molecular flexibility index (Phi) is 5.61. The highest BCUT2D eigenvalue weighted by Crippen LogP contribution is 2.23. The monoisotopic (exact) mass is 429 g/mol. The van der Waals surface area contributed by atoms with Crippen LogP contribution in [0.25, 0.3) is 11.0 Å². The quantitative estimate of drug-likeness (QED) is 0.472. The summed E-state index contributed by atoms with van der Waals surface area (Å²) in [6.45, 7) is 6.83. The van der Waals surface area contributed by atoms with Gasteiger partial charge in [0, 0.05) is 11.3 Å². The predicted octanol–water partition coefficient (Wildman–Crippen LogP) is 4.94. The fourth-order valence-electron chi connectivity index (χ4n) is 3.68. The lowest BCUT2D eigenvalue weighted by molar-refractivity contribution is 0.102. The maximum absolute atomic E-state index is 12.7. The summed E-state index contributed by atoms with van der Waals surface area (Å²) in [5.41, 5.74) is 4.60. The van der Waals surface area contributed by atoms with Crippen molar-refractivity contribution >= 4 is 22.6 Å². The van der Waals surface area contributed by atoms with Gasteiger partial charge in [-0.25, -0.2) is 4.79 Å². The second-order valence-corrected chi connectivity index (χ2v) is 8.88. The second-order valence-electron chi connectivity index (χ2n) is 8.88. The first kappa shape index (κ1) is 21.4. The summed E-state index contributed by atoms with van der Waals surface area (Å²) < 4.78 is 6.94. The Morgan fingerprint density at radius 1 is 1.03 bits per heavy atom. The van der Waals surface area contributed by atoms with E-state index in [-0.39, 0.29) is 17.0 Å². The molecule has 0 aliphatic heterocycles. The van der Waals surface area contributed by atoms with Crippen molar-refractivity contribution in [2.45, 2.75) is 32.7 Å². The van der Waals surface area contributed by atoms with Crippen molar-refractivity contribution in [3.05, 3.63) is 93.9 Å². The summed E-state index contributed by atoms with van der Waals surface area (Å²) in [6, 6.07) is 20.7. The van der Waals surface area contributed by atoms with Crippen LogP contribution in [0, 0.1) is 0 Å². The molecule has 2 N–H and O–H groups in total. The van der Waals surface area contributed by atoms with Crippen LogP contribution < -0.4 is 15.7 Å². The van der Waals surface area contributed by atoms with Crippen LogP contribution in [0.5, 0.6) is 5.75 Å². The number of imidazole rings is 1. The van der Waals surface area contributed by atoms with Gasteiger partial charge in [-0.05, 0) is 59.0 Å². The Labute approximate surface area is 186 Å². The van der Waals surface area contributed by atoms with E-state index >= 15 is 0 Å². The van der Waals surface area contributed by atoms with Gasteiger partial charge in [0.15, 0.2) is 0 Å². The smallest absolute Gasteiger partial charge is 0.326 e. The Morgan fingerprint density at radius 2 is 1.78 bits per heavy atom. The van der Waals surface area contributed by atoms with E-state index in [4.69, 9.17) is 4.74 Å². The number of methoxy groups -OCH3 is 1. The van der Waals surface area contributed by atoms with E-state index in [1.165, 1.54) is 5.56 Å². The molecular weight excluding hydrogens is 402 g/mol. The van der Waals surface area contributed by atoms with Crippen LogP contribution in [0.1, 0.15) is 42.3 Å². The van der Waals surface area contributed by atoms with Gasteiger partial charge in [-0.3, -0.25) is 9.36 Å². The zero-order chi connectivity index (χ0) is 22.9. The molecule has 0 spiro atoms. The number of carbonyl (C=O) groups excluding carboxylic acids is 1. The number of H-pyrrole nitrogens is 1. The van der Waals surface area contributed by atoms with Crippen LogP contribution in [-0.2, 0) is 12.0 Å². The van der Waals surface area contributed by atoms with E-state index in [9.17, 15) is 9.59 Å². The number of aromatic amines is 1. The molecule has 1 heterocycles. The minimum Gasteiger partial charge on any atom is -0.497 e. The first-order valence-corrected chi connectivity index (χ1v) is 10.5. The maximum Gasteiger partial charge on any atom is 0.326 e. The second kappa shape index (κ2) is 8.38. The highest BCUT2D eigenvalue weighted by molar-refractivity contribution is 6.05. The molecule has 0 saturated heterocycles. The third-order valence-corrected chi connectivity index (χ3v) is 5.52. The van der Waals surface area contributed by atoms with Crippen LogP contribution in [0.3, 0.4) is 0 Å². The molecule has 0 unspecified atom stereocenters. The minimum absolute atomic E-state index is 0.0317. The van der Waals surface area contributed by atoms with Gasteiger partial charge < -0.3 is 15.0 Å². The SMILES string of the molecule is COc1cccc(Cn2c(=O)[nH]c3cc(NC(=O)c4ccc(C(C)(C)C)cc4)ccc32)c1. The molecule has 4 rings (SSSR count). The van der Waals surface area contributed by atoms with Gasteiger partial charge in [-0.1, -0.05) is 45.0 Å². The third-order valence-electron chi connectivity index (χ3n) is 5.52. The molecule has 0 fully saturated rings. The molecular formula is C26H27N3O3. The third kappa shape index (κ3) is 4.44. The summed E-state index contributed by atoms with van der Waals surface area (Å²) >= 11 is 0. The highest BCUT2D eigenvalue weighted by Gasteiger charge is 2.15. The fraction of sp³-hybridized carbons (Fsp3) is 0.231. The van der Waals surface area contributed by atoms with Gasteiger partial charge >= 0.3 is 5.69 Å². The number of hydrogen-bond acceptors (Lipinski definition) is 3. The first-order valence-electron chi connectivity index (χ1n) is 10.5. The maximum atomic E-state index is 12.7. The van der Waals surface area contributed by atoms with Crippen molar-refractivity contribution < 1.29 is 9.53 Å². The molecule has 1 amide bonds. The molecule has 1 aromatic heterocycles. The number of anilines is 1. The van der Waals surface area contributed by atoms with Gasteiger partial charge in [0.25, 0.3) is 5.91 Å². The Balaban J connectivity index is 1.55. The Morgan fingerprint density at radius 3 is 2.47 bits per heavy atom. The minimum atomic E-state index is -0.205. The van der Waals surface area contributed by atoms with Crippen LogP contribution in [0.15, 0.2) is 71.5 Å².